The minimum Gasteiger partial charge on any atom is -0.295 e. The Kier molecular flexibility index (Phi) is 3.57. The number of nitro groups is 1. The number of nitro benzene ring substituents is 1. The number of benzene rings is 1. The fraction of sp³-hybridized carbons (Fsp3) is 0.100. The maximum absolute atomic E-state index is 10.7. The molecule has 1 aromatic rings. The van der Waals surface area contributed by atoms with E-state index in [2.05, 4.69) is 0 Å². The number of allylic oxidation sites excluding steroid dienone is 1. The summed E-state index contributed by atoms with van der Waals surface area (Å²) in [5, 5.41) is 10.6. The lowest BCUT2D eigenvalue weighted by atomic mass is 10.2. The van der Waals surface area contributed by atoms with E-state index < -0.39 is 4.92 Å². The summed E-state index contributed by atoms with van der Waals surface area (Å²) < 4.78 is 0. The van der Waals surface area contributed by atoms with Crippen LogP contribution in [0.2, 0.25) is 5.02 Å². The maximum atomic E-state index is 10.7. The quantitative estimate of drug-likeness (QED) is 0.451. The minimum atomic E-state index is -0.562. The lowest BCUT2D eigenvalue weighted by Gasteiger charge is -1.96. The maximum Gasteiger partial charge on any atom is 0.288 e. The highest BCUT2D eigenvalue weighted by atomic mass is 35.5. The van der Waals surface area contributed by atoms with Gasteiger partial charge < -0.3 is 0 Å². The topological polar surface area (TPSA) is 60.2 Å². The number of hydrogen-bond donors (Lipinski definition) is 0. The molecular weight excluding hydrogens is 218 g/mol. The first-order valence-corrected chi connectivity index (χ1v) is 4.51. The van der Waals surface area contributed by atoms with Gasteiger partial charge in [0.1, 0.15) is 5.02 Å². The van der Waals surface area contributed by atoms with Gasteiger partial charge in [0.15, 0.2) is 5.78 Å². The van der Waals surface area contributed by atoms with Crippen LogP contribution in [0.25, 0.3) is 6.08 Å². The standard InChI is InChI=1S/C10H8ClNO3/c1-7(13)2-3-8-4-5-9(11)10(6-8)12(14)15/h2-6H,1H3. The highest BCUT2D eigenvalue weighted by Gasteiger charge is 2.11. The van der Waals surface area contributed by atoms with Crippen molar-refractivity contribution in [2.45, 2.75) is 6.92 Å². The normalized spacial score (nSPS) is 10.5. The molecule has 1 rings (SSSR count). The van der Waals surface area contributed by atoms with Gasteiger partial charge in [0.25, 0.3) is 5.69 Å². The van der Waals surface area contributed by atoms with Crippen molar-refractivity contribution in [2.24, 2.45) is 0 Å². The highest BCUT2D eigenvalue weighted by molar-refractivity contribution is 6.32. The van der Waals surface area contributed by atoms with E-state index in [1.165, 1.54) is 31.2 Å². The molecule has 4 nitrogen and oxygen atoms in total. The van der Waals surface area contributed by atoms with Crippen LogP contribution >= 0.6 is 11.6 Å². The molecule has 0 saturated carbocycles. The summed E-state index contributed by atoms with van der Waals surface area (Å²) >= 11 is 5.62. The van der Waals surface area contributed by atoms with E-state index in [-0.39, 0.29) is 16.5 Å². The van der Waals surface area contributed by atoms with Gasteiger partial charge in [-0.3, -0.25) is 14.9 Å². The van der Waals surface area contributed by atoms with E-state index in [0.29, 0.717) is 5.56 Å². The van der Waals surface area contributed by atoms with Gasteiger partial charge in [-0.1, -0.05) is 23.7 Å². The Morgan fingerprint density at radius 2 is 2.20 bits per heavy atom. The number of carbonyl (C=O) groups excluding carboxylic acids is 1. The molecule has 5 heteroatoms. The summed E-state index contributed by atoms with van der Waals surface area (Å²) in [6.07, 6.45) is 2.85. The molecular formula is C10H8ClNO3. The van der Waals surface area contributed by atoms with Crippen LogP contribution in [0.1, 0.15) is 12.5 Å². The van der Waals surface area contributed by atoms with Crippen molar-refractivity contribution in [3.05, 3.63) is 45.0 Å². The van der Waals surface area contributed by atoms with E-state index in [1.54, 1.807) is 6.07 Å². The van der Waals surface area contributed by atoms with Gasteiger partial charge in [-0.05, 0) is 24.6 Å². The minimum absolute atomic E-state index is 0.0833. The average Bonchev–Trinajstić information content (AvgIpc) is 2.16. The molecule has 15 heavy (non-hydrogen) atoms. The highest BCUT2D eigenvalue weighted by Crippen LogP contribution is 2.25. The Bertz CT molecular complexity index is 440. The van der Waals surface area contributed by atoms with E-state index in [4.69, 9.17) is 11.6 Å². The van der Waals surface area contributed by atoms with Gasteiger partial charge in [-0.25, -0.2) is 0 Å². The molecule has 0 N–H and O–H groups in total. The smallest absolute Gasteiger partial charge is 0.288 e. The lowest BCUT2D eigenvalue weighted by molar-refractivity contribution is -0.384. The Hall–Kier alpha value is -1.68. The Morgan fingerprint density at radius 1 is 1.53 bits per heavy atom. The van der Waals surface area contributed by atoms with Crippen LogP contribution in [0.3, 0.4) is 0 Å². The summed E-state index contributed by atoms with van der Waals surface area (Å²) in [7, 11) is 0. The van der Waals surface area contributed by atoms with Crippen LogP contribution in [-0.2, 0) is 4.79 Å². The summed E-state index contributed by atoms with van der Waals surface area (Å²) in [4.78, 5) is 20.6. The Balaban J connectivity index is 3.08. The van der Waals surface area contributed by atoms with E-state index in [0.717, 1.165) is 0 Å². The first kappa shape index (κ1) is 11.4. The third-order valence-electron chi connectivity index (χ3n) is 1.68. The molecule has 0 aliphatic carbocycles. The second kappa shape index (κ2) is 4.70. The zero-order chi connectivity index (χ0) is 11.4. The molecule has 0 aliphatic heterocycles. The molecule has 0 fully saturated rings. The first-order valence-electron chi connectivity index (χ1n) is 4.13. The third kappa shape index (κ3) is 3.18. The third-order valence-corrected chi connectivity index (χ3v) is 2.00. The van der Waals surface area contributed by atoms with Crippen LogP contribution in [0, 0.1) is 10.1 Å². The van der Waals surface area contributed by atoms with Gasteiger partial charge >= 0.3 is 0 Å². The number of nitrogens with zero attached hydrogens (tertiary/aromatic N) is 1. The molecule has 0 heterocycles. The van der Waals surface area contributed by atoms with Crippen molar-refractivity contribution < 1.29 is 9.72 Å². The van der Waals surface area contributed by atoms with Gasteiger partial charge in [-0.2, -0.15) is 0 Å². The first-order chi connectivity index (χ1) is 7.00. The number of rotatable bonds is 3. The Labute approximate surface area is 91.3 Å². The van der Waals surface area contributed by atoms with Crippen LogP contribution in [0.5, 0.6) is 0 Å². The average molecular weight is 226 g/mol. The summed E-state index contributed by atoms with van der Waals surface area (Å²) in [6, 6.07) is 4.36. The SMILES string of the molecule is CC(=O)C=Cc1ccc(Cl)c([N+](=O)[O-])c1. The fourth-order valence-corrected chi connectivity index (χ4v) is 1.17. The molecule has 0 aromatic heterocycles. The van der Waals surface area contributed by atoms with Gasteiger partial charge in [0, 0.05) is 6.07 Å². The van der Waals surface area contributed by atoms with Gasteiger partial charge in [-0.15, -0.1) is 0 Å². The second-order valence-electron chi connectivity index (χ2n) is 2.91. The summed E-state index contributed by atoms with van der Waals surface area (Å²) in [6.45, 7) is 1.40. The molecule has 0 saturated heterocycles. The van der Waals surface area contributed by atoms with Crippen molar-refractivity contribution in [3.63, 3.8) is 0 Å². The van der Waals surface area contributed by atoms with Crippen molar-refractivity contribution in [3.8, 4) is 0 Å². The second-order valence-corrected chi connectivity index (χ2v) is 3.32. The molecule has 0 amide bonds. The predicted molar refractivity (Wildman–Crippen MR) is 57.8 cm³/mol. The number of hydrogen-bond acceptors (Lipinski definition) is 3. The van der Waals surface area contributed by atoms with Gasteiger partial charge in [0.2, 0.25) is 0 Å². The largest absolute Gasteiger partial charge is 0.295 e. The van der Waals surface area contributed by atoms with Crippen molar-refractivity contribution in [1.29, 1.82) is 0 Å². The molecule has 0 atom stereocenters. The fourth-order valence-electron chi connectivity index (χ4n) is 0.987. The van der Waals surface area contributed by atoms with E-state index in [9.17, 15) is 14.9 Å². The zero-order valence-corrected chi connectivity index (χ0v) is 8.69. The van der Waals surface area contributed by atoms with Gasteiger partial charge in [0.05, 0.1) is 4.92 Å². The molecule has 0 aliphatic rings. The molecule has 0 spiro atoms. The predicted octanol–water partition coefficient (Wildman–Crippen LogP) is 2.85. The summed E-state index contributed by atoms with van der Waals surface area (Å²) in [5.74, 6) is -0.118. The number of ketones is 1. The van der Waals surface area contributed by atoms with Crippen molar-refractivity contribution in [2.75, 3.05) is 0 Å². The van der Waals surface area contributed by atoms with Crippen LogP contribution in [-0.4, -0.2) is 10.7 Å². The molecule has 0 radical (unpaired) electrons. The van der Waals surface area contributed by atoms with Crippen molar-refractivity contribution in [1.82, 2.24) is 0 Å². The molecule has 1 aromatic carbocycles. The Morgan fingerprint density at radius 3 is 2.73 bits per heavy atom. The van der Waals surface area contributed by atoms with Crippen LogP contribution in [0.15, 0.2) is 24.3 Å². The van der Waals surface area contributed by atoms with E-state index in [1.807, 2.05) is 0 Å². The molecule has 0 bridgehead atoms. The van der Waals surface area contributed by atoms with E-state index >= 15 is 0 Å². The molecule has 78 valence electrons. The number of carbonyl (C=O) groups is 1. The monoisotopic (exact) mass is 225 g/mol. The van der Waals surface area contributed by atoms with Crippen LogP contribution < -0.4 is 0 Å². The van der Waals surface area contributed by atoms with Crippen molar-refractivity contribution >= 4 is 29.1 Å². The van der Waals surface area contributed by atoms with Crippen LogP contribution in [0.4, 0.5) is 5.69 Å². The summed E-state index contributed by atoms with van der Waals surface area (Å²) in [5.41, 5.74) is 0.406. The number of halogens is 1. The lowest BCUT2D eigenvalue weighted by Crippen LogP contribution is -1.89. The zero-order valence-electron chi connectivity index (χ0n) is 7.94. The molecule has 0 unspecified atom stereocenters.